The zero-order valence-corrected chi connectivity index (χ0v) is 18.1. The van der Waals surface area contributed by atoms with Crippen LogP contribution in [-0.2, 0) is 4.79 Å². The second-order valence-electron chi connectivity index (χ2n) is 6.54. The molecule has 0 fully saturated rings. The van der Waals surface area contributed by atoms with E-state index in [9.17, 15) is 4.79 Å². The van der Waals surface area contributed by atoms with Gasteiger partial charge in [-0.1, -0.05) is 12.1 Å². The summed E-state index contributed by atoms with van der Waals surface area (Å²) in [5, 5.41) is 12.6. The number of ether oxygens (including phenoxy) is 2. The highest BCUT2D eigenvalue weighted by Gasteiger charge is 2.12. The van der Waals surface area contributed by atoms with Gasteiger partial charge < -0.3 is 14.8 Å². The average molecular weight is 475 g/mol. The summed E-state index contributed by atoms with van der Waals surface area (Å²) < 4.78 is 12.3. The molecule has 0 aliphatic heterocycles. The first-order valence-corrected chi connectivity index (χ1v) is 10.3. The predicted octanol–water partition coefficient (Wildman–Crippen LogP) is 4.59. The van der Waals surface area contributed by atoms with Crippen LogP contribution in [0.25, 0.3) is 10.9 Å². The zero-order valence-electron chi connectivity index (χ0n) is 16.5. The van der Waals surface area contributed by atoms with Crippen LogP contribution in [0.3, 0.4) is 0 Å². The minimum atomic E-state index is -0.378. The number of nitrogens with one attached hydrogen (secondary N) is 2. The van der Waals surface area contributed by atoms with Gasteiger partial charge in [0.1, 0.15) is 12.1 Å². The number of benzene rings is 2. The van der Waals surface area contributed by atoms with Crippen molar-refractivity contribution in [2.24, 2.45) is 0 Å². The summed E-state index contributed by atoms with van der Waals surface area (Å²) in [5.41, 5.74) is 3.26. The highest BCUT2D eigenvalue weighted by atomic mass is 79.9. The average Bonchev–Trinajstić information content (AvgIpc) is 2.77. The van der Waals surface area contributed by atoms with Crippen molar-refractivity contribution in [2.45, 2.75) is 25.7 Å². The van der Waals surface area contributed by atoms with Gasteiger partial charge >= 0.3 is 0 Å². The van der Waals surface area contributed by atoms with Crippen molar-refractivity contribution in [2.75, 3.05) is 19.0 Å². The number of aromatic nitrogens is 2. The SMILES string of the molecule is COc1cc2ncnc(Nc3ccccc3Br)c2cc1OCCCCCC(=O)NO. The fraction of sp³-hybridized carbons (Fsp3) is 0.286. The monoisotopic (exact) mass is 474 g/mol. The number of hydrogen-bond donors (Lipinski definition) is 3. The van der Waals surface area contributed by atoms with Crippen LogP contribution in [0.1, 0.15) is 25.7 Å². The summed E-state index contributed by atoms with van der Waals surface area (Å²) in [6.45, 7) is 0.475. The van der Waals surface area contributed by atoms with Gasteiger partial charge in [0.15, 0.2) is 11.5 Å². The Labute approximate surface area is 182 Å². The lowest BCUT2D eigenvalue weighted by Gasteiger charge is -2.14. The molecule has 0 spiro atoms. The highest BCUT2D eigenvalue weighted by Crippen LogP contribution is 2.35. The molecule has 0 bridgehead atoms. The van der Waals surface area contributed by atoms with Crippen molar-refractivity contribution >= 4 is 44.2 Å². The lowest BCUT2D eigenvalue weighted by molar-refractivity contribution is -0.129. The molecule has 0 atom stereocenters. The molecule has 0 aliphatic carbocycles. The number of rotatable bonds is 10. The fourth-order valence-electron chi connectivity index (χ4n) is 2.93. The Morgan fingerprint density at radius 3 is 2.73 bits per heavy atom. The molecule has 1 aromatic heterocycles. The van der Waals surface area contributed by atoms with Crippen molar-refractivity contribution < 1.29 is 19.5 Å². The first-order valence-electron chi connectivity index (χ1n) is 9.52. The molecule has 0 saturated heterocycles. The van der Waals surface area contributed by atoms with Crippen LogP contribution in [0.5, 0.6) is 11.5 Å². The van der Waals surface area contributed by atoms with Gasteiger partial charge in [-0.2, -0.15) is 0 Å². The van der Waals surface area contributed by atoms with Gasteiger partial charge in [-0.3, -0.25) is 10.0 Å². The third-order valence-corrected chi connectivity index (χ3v) is 5.17. The van der Waals surface area contributed by atoms with Gasteiger partial charge in [0.05, 0.1) is 24.9 Å². The van der Waals surface area contributed by atoms with E-state index in [2.05, 4.69) is 31.2 Å². The molecule has 3 aromatic rings. The number of carbonyl (C=O) groups excluding carboxylic acids is 1. The Kier molecular flexibility index (Phi) is 7.81. The molecule has 0 aliphatic rings. The smallest absolute Gasteiger partial charge is 0.243 e. The molecule has 1 heterocycles. The minimum absolute atomic E-state index is 0.289. The first-order chi connectivity index (χ1) is 14.6. The summed E-state index contributed by atoms with van der Waals surface area (Å²) in [6, 6.07) is 11.5. The molecule has 0 unspecified atom stereocenters. The zero-order chi connectivity index (χ0) is 21.3. The lowest BCUT2D eigenvalue weighted by atomic mass is 10.2. The molecule has 8 nitrogen and oxygen atoms in total. The summed E-state index contributed by atoms with van der Waals surface area (Å²) in [5.74, 6) is 1.47. The van der Waals surface area contributed by atoms with Crippen molar-refractivity contribution in [1.82, 2.24) is 15.4 Å². The van der Waals surface area contributed by atoms with E-state index in [4.69, 9.17) is 14.7 Å². The van der Waals surface area contributed by atoms with E-state index in [1.165, 1.54) is 6.33 Å². The Morgan fingerprint density at radius 2 is 1.97 bits per heavy atom. The third kappa shape index (κ3) is 5.58. The minimum Gasteiger partial charge on any atom is -0.493 e. The van der Waals surface area contributed by atoms with Crippen molar-refractivity contribution in [3.05, 3.63) is 47.2 Å². The molecule has 3 N–H and O–H groups in total. The number of para-hydroxylation sites is 1. The van der Waals surface area contributed by atoms with Crippen molar-refractivity contribution in [1.29, 1.82) is 0 Å². The second-order valence-corrected chi connectivity index (χ2v) is 7.40. The van der Waals surface area contributed by atoms with E-state index in [1.807, 2.05) is 36.4 Å². The van der Waals surface area contributed by atoms with Crippen LogP contribution in [0, 0.1) is 0 Å². The van der Waals surface area contributed by atoms with E-state index in [0.29, 0.717) is 30.3 Å². The number of anilines is 2. The third-order valence-electron chi connectivity index (χ3n) is 4.48. The maximum Gasteiger partial charge on any atom is 0.243 e. The number of amides is 1. The number of unbranched alkanes of at least 4 members (excludes halogenated alkanes) is 2. The molecule has 1 amide bonds. The number of hydrogen-bond acceptors (Lipinski definition) is 7. The van der Waals surface area contributed by atoms with Crippen LogP contribution < -0.4 is 20.3 Å². The van der Waals surface area contributed by atoms with Gasteiger partial charge in [-0.15, -0.1) is 0 Å². The molecule has 158 valence electrons. The Morgan fingerprint density at radius 1 is 1.13 bits per heavy atom. The highest BCUT2D eigenvalue weighted by molar-refractivity contribution is 9.10. The van der Waals surface area contributed by atoms with E-state index in [1.54, 1.807) is 12.6 Å². The summed E-state index contributed by atoms with van der Waals surface area (Å²) >= 11 is 3.53. The first kappa shape index (κ1) is 21.8. The largest absolute Gasteiger partial charge is 0.493 e. The van der Waals surface area contributed by atoms with Gasteiger partial charge in [0.25, 0.3) is 0 Å². The lowest BCUT2D eigenvalue weighted by Crippen LogP contribution is -2.17. The summed E-state index contributed by atoms with van der Waals surface area (Å²) in [4.78, 5) is 19.8. The normalized spacial score (nSPS) is 10.6. The Hall–Kier alpha value is -2.91. The summed E-state index contributed by atoms with van der Waals surface area (Å²) in [6.07, 6.45) is 4.05. The number of methoxy groups -OCH3 is 1. The molecule has 2 aromatic carbocycles. The van der Waals surface area contributed by atoms with Crippen molar-refractivity contribution in [3.63, 3.8) is 0 Å². The number of halogens is 1. The molecular formula is C21H23BrN4O4. The Balaban J connectivity index is 1.74. The van der Waals surface area contributed by atoms with Gasteiger partial charge in [0.2, 0.25) is 5.91 Å². The van der Waals surface area contributed by atoms with E-state index >= 15 is 0 Å². The second kappa shape index (κ2) is 10.7. The molecule has 30 heavy (non-hydrogen) atoms. The van der Waals surface area contributed by atoms with Crippen LogP contribution in [0.15, 0.2) is 47.2 Å². The number of carbonyl (C=O) groups is 1. The topological polar surface area (TPSA) is 106 Å². The van der Waals surface area contributed by atoms with E-state index in [0.717, 1.165) is 33.9 Å². The number of fused-ring (bicyclic) bond motifs is 1. The van der Waals surface area contributed by atoms with Gasteiger partial charge in [-0.25, -0.2) is 15.4 Å². The summed E-state index contributed by atoms with van der Waals surface area (Å²) in [7, 11) is 1.59. The molecule has 9 heteroatoms. The van der Waals surface area contributed by atoms with Gasteiger partial charge in [-0.05, 0) is 53.4 Å². The maximum absolute atomic E-state index is 11.0. The van der Waals surface area contributed by atoms with Gasteiger partial charge in [0, 0.05) is 22.3 Å². The Bertz CT molecular complexity index is 1020. The fourth-order valence-corrected chi connectivity index (χ4v) is 3.31. The van der Waals surface area contributed by atoms with Crippen LogP contribution >= 0.6 is 15.9 Å². The molecule has 0 radical (unpaired) electrons. The van der Waals surface area contributed by atoms with Crippen LogP contribution in [0.4, 0.5) is 11.5 Å². The number of nitrogens with zero attached hydrogens (tertiary/aromatic N) is 2. The quantitative estimate of drug-likeness (QED) is 0.224. The standard InChI is InChI=1S/C21H23BrN4O4/c1-29-18-12-17-14(11-19(18)30-10-6-2-3-9-20(27)26-28)21(24-13-23-17)25-16-8-5-4-7-15(16)22/h4-5,7-8,11-13,28H,2-3,6,9-10H2,1H3,(H,26,27)(H,23,24,25). The van der Waals surface area contributed by atoms with Crippen LogP contribution in [0.2, 0.25) is 0 Å². The molecule has 3 rings (SSSR count). The number of hydroxylamine groups is 1. The molecular weight excluding hydrogens is 452 g/mol. The van der Waals surface area contributed by atoms with E-state index < -0.39 is 0 Å². The van der Waals surface area contributed by atoms with Crippen LogP contribution in [-0.4, -0.2) is 34.8 Å². The van der Waals surface area contributed by atoms with E-state index in [-0.39, 0.29) is 12.3 Å². The maximum atomic E-state index is 11.0. The molecule has 0 saturated carbocycles. The predicted molar refractivity (Wildman–Crippen MR) is 117 cm³/mol. The van der Waals surface area contributed by atoms with Crippen molar-refractivity contribution in [3.8, 4) is 11.5 Å².